The highest BCUT2D eigenvalue weighted by atomic mass is 19.1. The average molecular weight is 208 g/mol. The van der Waals surface area contributed by atoms with Gasteiger partial charge in [0.1, 0.15) is 17.3 Å². The minimum Gasteiger partial charge on any atom is -0.496 e. The number of halogens is 1. The van der Waals surface area contributed by atoms with Crippen molar-refractivity contribution in [1.29, 1.82) is 0 Å². The first-order valence-corrected chi connectivity index (χ1v) is 4.27. The van der Waals surface area contributed by atoms with E-state index in [1.165, 1.54) is 31.4 Å². The van der Waals surface area contributed by atoms with Crippen molar-refractivity contribution in [1.82, 2.24) is 5.16 Å². The number of ether oxygens (including phenoxy) is 1. The predicted molar refractivity (Wildman–Crippen MR) is 52.9 cm³/mol. The Bertz CT molecular complexity index is 482. The first-order valence-electron chi connectivity index (χ1n) is 4.27. The van der Waals surface area contributed by atoms with E-state index in [0.29, 0.717) is 17.0 Å². The van der Waals surface area contributed by atoms with Crippen molar-refractivity contribution >= 4 is 5.88 Å². The number of hydrogen-bond acceptors (Lipinski definition) is 4. The molecule has 0 saturated carbocycles. The molecule has 1 heterocycles. The standard InChI is InChI=1S/C10H9FN2O2/c1-14-9-3-2-6(11)4-7(9)8-5-10(12)15-13-8/h2-5H,12H2,1H3. The summed E-state index contributed by atoms with van der Waals surface area (Å²) in [6, 6.07) is 5.66. The molecule has 0 bridgehead atoms. The maximum atomic E-state index is 13.0. The van der Waals surface area contributed by atoms with Crippen molar-refractivity contribution in [3.63, 3.8) is 0 Å². The van der Waals surface area contributed by atoms with Crippen LogP contribution in [0.25, 0.3) is 11.3 Å². The van der Waals surface area contributed by atoms with Crippen LogP contribution in [0, 0.1) is 5.82 Å². The smallest absolute Gasteiger partial charge is 0.222 e. The van der Waals surface area contributed by atoms with Crippen molar-refractivity contribution in [2.24, 2.45) is 0 Å². The highest BCUT2D eigenvalue weighted by Crippen LogP contribution is 2.30. The third kappa shape index (κ3) is 1.76. The molecule has 0 unspecified atom stereocenters. The van der Waals surface area contributed by atoms with Gasteiger partial charge in [0, 0.05) is 11.6 Å². The van der Waals surface area contributed by atoms with E-state index in [0.717, 1.165) is 0 Å². The Morgan fingerprint density at radius 1 is 1.40 bits per heavy atom. The van der Waals surface area contributed by atoms with Crippen LogP contribution in [-0.2, 0) is 0 Å². The van der Waals surface area contributed by atoms with Gasteiger partial charge >= 0.3 is 0 Å². The number of nitrogens with zero attached hydrogens (tertiary/aromatic N) is 1. The van der Waals surface area contributed by atoms with Crippen LogP contribution in [-0.4, -0.2) is 12.3 Å². The molecular formula is C10H9FN2O2. The maximum absolute atomic E-state index is 13.0. The van der Waals surface area contributed by atoms with Crippen LogP contribution in [0.4, 0.5) is 10.3 Å². The van der Waals surface area contributed by atoms with Gasteiger partial charge in [-0.3, -0.25) is 0 Å². The number of benzene rings is 1. The fourth-order valence-corrected chi connectivity index (χ4v) is 1.30. The van der Waals surface area contributed by atoms with Crippen LogP contribution in [0.15, 0.2) is 28.8 Å². The third-order valence-electron chi connectivity index (χ3n) is 1.97. The molecule has 4 nitrogen and oxygen atoms in total. The van der Waals surface area contributed by atoms with Gasteiger partial charge in [0.15, 0.2) is 0 Å². The quantitative estimate of drug-likeness (QED) is 0.820. The van der Waals surface area contributed by atoms with E-state index in [4.69, 9.17) is 15.0 Å². The first kappa shape index (κ1) is 9.51. The van der Waals surface area contributed by atoms with E-state index >= 15 is 0 Å². The summed E-state index contributed by atoms with van der Waals surface area (Å²) in [6.07, 6.45) is 0. The minimum absolute atomic E-state index is 0.177. The molecule has 0 amide bonds. The molecule has 0 spiro atoms. The lowest BCUT2D eigenvalue weighted by Gasteiger charge is -2.04. The molecule has 0 atom stereocenters. The second-order valence-electron chi connectivity index (χ2n) is 2.96. The van der Waals surface area contributed by atoms with Crippen LogP contribution >= 0.6 is 0 Å². The Balaban J connectivity index is 2.55. The van der Waals surface area contributed by atoms with E-state index < -0.39 is 0 Å². The fourth-order valence-electron chi connectivity index (χ4n) is 1.30. The first-order chi connectivity index (χ1) is 7.20. The van der Waals surface area contributed by atoms with Crippen molar-refractivity contribution in [2.45, 2.75) is 0 Å². The van der Waals surface area contributed by atoms with E-state index in [1.54, 1.807) is 0 Å². The lowest BCUT2D eigenvalue weighted by molar-refractivity contribution is 0.413. The normalized spacial score (nSPS) is 10.3. The average Bonchev–Trinajstić information content (AvgIpc) is 2.65. The largest absolute Gasteiger partial charge is 0.496 e. The van der Waals surface area contributed by atoms with Crippen molar-refractivity contribution in [3.8, 4) is 17.0 Å². The van der Waals surface area contributed by atoms with Crippen LogP contribution < -0.4 is 10.5 Å². The van der Waals surface area contributed by atoms with Gasteiger partial charge in [0.25, 0.3) is 0 Å². The summed E-state index contributed by atoms with van der Waals surface area (Å²) < 4.78 is 22.8. The molecule has 0 saturated heterocycles. The highest BCUT2D eigenvalue weighted by molar-refractivity contribution is 5.68. The second-order valence-corrected chi connectivity index (χ2v) is 2.96. The van der Waals surface area contributed by atoms with Crippen molar-refractivity contribution in [3.05, 3.63) is 30.1 Å². The van der Waals surface area contributed by atoms with E-state index in [2.05, 4.69) is 5.16 Å². The lowest BCUT2D eigenvalue weighted by Crippen LogP contribution is -1.89. The number of anilines is 1. The monoisotopic (exact) mass is 208 g/mol. The van der Waals surface area contributed by atoms with Gasteiger partial charge in [-0.2, -0.15) is 0 Å². The van der Waals surface area contributed by atoms with Gasteiger partial charge in [-0.05, 0) is 18.2 Å². The number of nitrogen functional groups attached to an aromatic ring is 1. The zero-order valence-corrected chi connectivity index (χ0v) is 8.03. The van der Waals surface area contributed by atoms with Crippen molar-refractivity contribution in [2.75, 3.05) is 12.8 Å². The Hall–Kier alpha value is -2.04. The number of hydrogen-bond donors (Lipinski definition) is 1. The second kappa shape index (κ2) is 3.61. The Morgan fingerprint density at radius 3 is 2.80 bits per heavy atom. The van der Waals surface area contributed by atoms with Gasteiger partial charge in [-0.25, -0.2) is 4.39 Å². The summed E-state index contributed by atoms with van der Waals surface area (Å²) in [4.78, 5) is 0. The molecule has 1 aromatic carbocycles. The number of aromatic nitrogens is 1. The molecular weight excluding hydrogens is 199 g/mol. The van der Waals surface area contributed by atoms with E-state index in [1.807, 2.05) is 0 Å². The molecule has 5 heteroatoms. The molecule has 0 radical (unpaired) electrons. The summed E-state index contributed by atoms with van der Waals surface area (Å²) in [5, 5.41) is 3.69. The zero-order valence-electron chi connectivity index (χ0n) is 8.03. The molecule has 78 valence electrons. The van der Waals surface area contributed by atoms with E-state index in [-0.39, 0.29) is 11.7 Å². The van der Waals surface area contributed by atoms with Crippen molar-refractivity contribution < 1.29 is 13.7 Å². The molecule has 2 N–H and O–H groups in total. The van der Waals surface area contributed by atoms with Gasteiger partial charge in [-0.15, -0.1) is 0 Å². The Morgan fingerprint density at radius 2 is 2.20 bits per heavy atom. The highest BCUT2D eigenvalue weighted by Gasteiger charge is 2.11. The lowest BCUT2D eigenvalue weighted by atomic mass is 10.1. The molecule has 0 aliphatic heterocycles. The number of nitrogens with two attached hydrogens (primary N) is 1. The van der Waals surface area contributed by atoms with Crippen LogP contribution in [0.5, 0.6) is 5.75 Å². The van der Waals surface area contributed by atoms with Crippen LogP contribution in [0.2, 0.25) is 0 Å². The topological polar surface area (TPSA) is 61.3 Å². The molecule has 1 aromatic heterocycles. The summed E-state index contributed by atoms with van der Waals surface area (Å²) >= 11 is 0. The van der Waals surface area contributed by atoms with Gasteiger partial charge < -0.3 is 15.0 Å². The SMILES string of the molecule is COc1ccc(F)cc1-c1cc(N)on1. The van der Waals surface area contributed by atoms with E-state index in [9.17, 15) is 4.39 Å². The van der Waals surface area contributed by atoms with Gasteiger partial charge in [0.2, 0.25) is 5.88 Å². The molecule has 0 aliphatic rings. The summed E-state index contributed by atoms with van der Waals surface area (Å²) in [7, 11) is 1.50. The summed E-state index contributed by atoms with van der Waals surface area (Å²) in [6.45, 7) is 0. The third-order valence-corrected chi connectivity index (χ3v) is 1.97. The fraction of sp³-hybridized carbons (Fsp3) is 0.100. The number of methoxy groups -OCH3 is 1. The van der Waals surface area contributed by atoms with Gasteiger partial charge in [-0.1, -0.05) is 5.16 Å². The number of rotatable bonds is 2. The molecule has 0 aliphatic carbocycles. The molecule has 15 heavy (non-hydrogen) atoms. The maximum Gasteiger partial charge on any atom is 0.222 e. The Kier molecular flexibility index (Phi) is 2.29. The van der Waals surface area contributed by atoms with Crippen LogP contribution in [0.1, 0.15) is 0 Å². The molecule has 2 aromatic rings. The minimum atomic E-state index is -0.368. The molecule has 0 fully saturated rings. The van der Waals surface area contributed by atoms with Crippen LogP contribution in [0.3, 0.4) is 0 Å². The predicted octanol–water partition coefficient (Wildman–Crippen LogP) is 2.07. The molecule has 2 rings (SSSR count). The summed E-state index contributed by atoms with van der Waals surface area (Å²) in [5.41, 5.74) is 6.34. The summed E-state index contributed by atoms with van der Waals surface area (Å²) in [5.74, 6) is 0.327. The zero-order chi connectivity index (χ0) is 10.8. The van der Waals surface area contributed by atoms with Gasteiger partial charge in [0.05, 0.1) is 7.11 Å². The Labute approximate surface area is 85.4 Å².